The molecule has 3 nitrogen and oxygen atoms in total. The lowest BCUT2D eigenvalue weighted by atomic mass is 9.97. The lowest BCUT2D eigenvalue weighted by molar-refractivity contribution is 0.107. The highest BCUT2D eigenvalue weighted by Gasteiger charge is 2.30. The Hall–Kier alpha value is -1.33. The number of rotatable bonds is 7. The van der Waals surface area contributed by atoms with Crippen molar-refractivity contribution in [3.63, 3.8) is 0 Å². The van der Waals surface area contributed by atoms with E-state index in [-0.39, 0.29) is 5.56 Å². The van der Waals surface area contributed by atoms with E-state index in [4.69, 9.17) is 39.5 Å². The molecule has 30 heavy (non-hydrogen) atoms. The Balaban J connectivity index is 1.34. The summed E-state index contributed by atoms with van der Waals surface area (Å²) in [6, 6.07) is 8.46. The average Bonchev–Trinajstić information content (AvgIpc) is 3.55. The summed E-state index contributed by atoms with van der Waals surface area (Å²) >= 11 is 18.1. The second kappa shape index (κ2) is 9.44. The molecular formula is C23H23Cl3FNO2. The Morgan fingerprint density at radius 3 is 2.37 bits per heavy atom. The molecule has 160 valence electrons. The highest BCUT2D eigenvalue weighted by Crippen LogP contribution is 2.45. The normalized spacial score (nSPS) is 17.9. The van der Waals surface area contributed by atoms with Gasteiger partial charge in [0.1, 0.15) is 11.6 Å². The molecule has 2 aliphatic rings. The zero-order valence-electron chi connectivity index (χ0n) is 16.5. The SMILES string of the molecule is O=C(Cl)c1cc(C2CC2)c(OCC2CCN(Cc3c(Cl)cccc3Cl)CC2)cc1F. The van der Waals surface area contributed by atoms with Crippen LogP contribution in [0.2, 0.25) is 10.0 Å². The highest BCUT2D eigenvalue weighted by atomic mass is 35.5. The minimum absolute atomic E-state index is 0.0718. The van der Waals surface area contributed by atoms with Crippen molar-refractivity contribution < 1.29 is 13.9 Å². The predicted octanol–water partition coefficient (Wildman–Crippen LogP) is 6.68. The van der Waals surface area contributed by atoms with Gasteiger partial charge in [-0.25, -0.2) is 4.39 Å². The molecule has 2 aromatic rings. The number of carbonyl (C=O) groups excluding carboxylic acids is 1. The molecule has 0 amide bonds. The number of piperidine rings is 1. The molecule has 1 saturated carbocycles. The number of likely N-dealkylation sites (tertiary alicyclic amines) is 1. The fraction of sp³-hybridized carbons (Fsp3) is 0.435. The van der Waals surface area contributed by atoms with E-state index in [9.17, 15) is 9.18 Å². The summed E-state index contributed by atoms with van der Waals surface area (Å²) in [5.41, 5.74) is 1.79. The number of halogens is 4. The molecule has 0 bridgehead atoms. The molecular weight excluding hydrogens is 448 g/mol. The van der Waals surface area contributed by atoms with Crippen LogP contribution in [0.4, 0.5) is 4.39 Å². The Labute approximate surface area is 191 Å². The van der Waals surface area contributed by atoms with Crippen molar-refractivity contribution in [1.29, 1.82) is 0 Å². The summed E-state index contributed by atoms with van der Waals surface area (Å²) < 4.78 is 20.3. The molecule has 0 radical (unpaired) electrons. The molecule has 1 heterocycles. The second-order valence-electron chi connectivity index (χ2n) is 8.15. The number of hydrogen-bond donors (Lipinski definition) is 0. The molecule has 7 heteroatoms. The minimum atomic E-state index is -0.771. The maximum absolute atomic E-state index is 14.2. The first-order chi connectivity index (χ1) is 14.4. The van der Waals surface area contributed by atoms with Crippen LogP contribution in [0, 0.1) is 11.7 Å². The van der Waals surface area contributed by atoms with E-state index in [0.29, 0.717) is 34.2 Å². The molecule has 2 aromatic carbocycles. The van der Waals surface area contributed by atoms with E-state index in [1.54, 1.807) is 6.07 Å². The van der Waals surface area contributed by atoms with Crippen LogP contribution < -0.4 is 4.74 Å². The van der Waals surface area contributed by atoms with Crippen LogP contribution >= 0.6 is 34.8 Å². The molecule has 2 fully saturated rings. The fourth-order valence-electron chi connectivity index (χ4n) is 3.99. The molecule has 1 aliphatic carbocycles. The molecule has 0 atom stereocenters. The van der Waals surface area contributed by atoms with Crippen molar-refractivity contribution in [3.8, 4) is 5.75 Å². The topological polar surface area (TPSA) is 29.5 Å². The molecule has 1 aliphatic heterocycles. The van der Waals surface area contributed by atoms with Gasteiger partial charge in [-0.2, -0.15) is 0 Å². The number of ether oxygens (including phenoxy) is 1. The summed E-state index contributed by atoms with van der Waals surface area (Å²) in [5.74, 6) is 0.646. The number of carbonyl (C=O) groups is 1. The van der Waals surface area contributed by atoms with Gasteiger partial charge >= 0.3 is 0 Å². The first kappa shape index (κ1) is 21.9. The van der Waals surface area contributed by atoms with Crippen LogP contribution in [-0.4, -0.2) is 29.8 Å². The lowest BCUT2D eigenvalue weighted by Crippen LogP contribution is -2.35. The van der Waals surface area contributed by atoms with Gasteiger partial charge < -0.3 is 4.74 Å². The van der Waals surface area contributed by atoms with Gasteiger partial charge in [0.2, 0.25) is 0 Å². The Morgan fingerprint density at radius 2 is 1.77 bits per heavy atom. The van der Waals surface area contributed by atoms with E-state index < -0.39 is 11.1 Å². The zero-order chi connectivity index (χ0) is 21.3. The maximum Gasteiger partial charge on any atom is 0.255 e. The summed E-state index contributed by atoms with van der Waals surface area (Å²) in [6.45, 7) is 3.13. The van der Waals surface area contributed by atoms with E-state index in [1.807, 2.05) is 18.2 Å². The van der Waals surface area contributed by atoms with Crippen LogP contribution in [0.5, 0.6) is 5.75 Å². The second-order valence-corrected chi connectivity index (χ2v) is 9.31. The van der Waals surface area contributed by atoms with Crippen molar-refractivity contribution in [2.24, 2.45) is 5.92 Å². The summed E-state index contributed by atoms with van der Waals surface area (Å²) in [5, 5.41) is 0.620. The summed E-state index contributed by atoms with van der Waals surface area (Å²) in [4.78, 5) is 13.8. The largest absolute Gasteiger partial charge is 0.493 e. The van der Waals surface area contributed by atoms with Crippen LogP contribution in [0.15, 0.2) is 30.3 Å². The summed E-state index contributed by atoms with van der Waals surface area (Å²) in [7, 11) is 0. The van der Waals surface area contributed by atoms with Crippen LogP contribution in [0.1, 0.15) is 53.1 Å². The van der Waals surface area contributed by atoms with Gasteiger partial charge in [-0.3, -0.25) is 9.69 Å². The first-order valence-corrected chi connectivity index (χ1v) is 11.4. The Bertz CT molecular complexity index is 920. The molecule has 0 spiro atoms. The third kappa shape index (κ3) is 5.11. The van der Waals surface area contributed by atoms with Crippen LogP contribution in [-0.2, 0) is 6.54 Å². The van der Waals surface area contributed by atoms with Gasteiger partial charge in [0.25, 0.3) is 5.24 Å². The van der Waals surface area contributed by atoms with Crippen LogP contribution in [0.3, 0.4) is 0 Å². The Morgan fingerprint density at radius 1 is 1.10 bits per heavy atom. The molecule has 0 unspecified atom stereocenters. The van der Waals surface area contributed by atoms with Crippen molar-refractivity contribution in [1.82, 2.24) is 4.90 Å². The van der Waals surface area contributed by atoms with Crippen molar-refractivity contribution >= 4 is 40.0 Å². The fourth-order valence-corrected chi connectivity index (χ4v) is 4.65. The monoisotopic (exact) mass is 469 g/mol. The quantitative estimate of drug-likeness (QED) is 0.423. The lowest BCUT2D eigenvalue weighted by Gasteiger charge is -2.32. The van der Waals surface area contributed by atoms with Crippen molar-refractivity contribution in [3.05, 3.63) is 62.9 Å². The van der Waals surface area contributed by atoms with Gasteiger partial charge in [0, 0.05) is 28.2 Å². The zero-order valence-corrected chi connectivity index (χ0v) is 18.7. The highest BCUT2D eigenvalue weighted by molar-refractivity contribution is 6.67. The van der Waals surface area contributed by atoms with Gasteiger partial charge in [-0.05, 0) is 86.0 Å². The maximum atomic E-state index is 14.2. The van der Waals surface area contributed by atoms with E-state index in [1.165, 1.54) is 6.07 Å². The number of benzene rings is 2. The standard InChI is InChI=1S/C23H23Cl3FNO2/c24-19-2-1-3-20(25)18(19)12-28-8-6-14(7-9-28)13-30-22-11-21(27)17(23(26)29)10-16(22)15-4-5-15/h1-3,10-11,14-15H,4-9,12-13H2. The molecule has 0 aromatic heterocycles. The van der Waals surface area contributed by atoms with E-state index in [2.05, 4.69) is 4.90 Å². The minimum Gasteiger partial charge on any atom is -0.493 e. The predicted molar refractivity (Wildman–Crippen MR) is 119 cm³/mol. The third-order valence-electron chi connectivity index (χ3n) is 5.95. The average molecular weight is 471 g/mol. The third-order valence-corrected chi connectivity index (χ3v) is 6.87. The van der Waals surface area contributed by atoms with E-state index >= 15 is 0 Å². The van der Waals surface area contributed by atoms with Gasteiger partial charge in [0.05, 0.1) is 12.2 Å². The van der Waals surface area contributed by atoms with Crippen molar-refractivity contribution in [2.75, 3.05) is 19.7 Å². The number of nitrogens with zero attached hydrogens (tertiary/aromatic N) is 1. The smallest absolute Gasteiger partial charge is 0.255 e. The van der Waals surface area contributed by atoms with E-state index in [0.717, 1.165) is 56.4 Å². The van der Waals surface area contributed by atoms with Gasteiger partial charge in [0.15, 0.2) is 0 Å². The molecule has 1 saturated heterocycles. The molecule has 0 N–H and O–H groups in total. The number of hydrogen-bond acceptors (Lipinski definition) is 3. The Kier molecular flexibility index (Phi) is 6.88. The van der Waals surface area contributed by atoms with Crippen LogP contribution in [0.25, 0.3) is 0 Å². The summed E-state index contributed by atoms with van der Waals surface area (Å²) in [6.07, 6.45) is 4.03. The van der Waals surface area contributed by atoms with Gasteiger partial charge in [-0.1, -0.05) is 29.3 Å². The first-order valence-electron chi connectivity index (χ1n) is 10.2. The van der Waals surface area contributed by atoms with Gasteiger partial charge in [-0.15, -0.1) is 0 Å². The van der Waals surface area contributed by atoms with Crippen molar-refractivity contribution in [2.45, 2.75) is 38.1 Å². The molecule has 4 rings (SSSR count).